The van der Waals surface area contributed by atoms with Gasteiger partial charge in [-0.1, -0.05) is 17.7 Å². The molecular formula is C25H22ClF3N2O7S. The largest absolute Gasteiger partial charge is 0.493 e. The molecule has 0 heterocycles. The molecule has 0 aliphatic heterocycles. The lowest BCUT2D eigenvalue weighted by Gasteiger charge is -2.25. The number of alkyl halides is 3. The number of sulfonamides is 1. The zero-order chi connectivity index (χ0) is 29.0. The van der Waals surface area contributed by atoms with E-state index >= 15 is 0 Å². The smallest absolute Gasteiger partial charge is 0.416 e. The lowest BCUT2D eigenvalue weighted by Crippen LogP contribution is -2.38. The number of amides is 1. The van der Waals surface area contributed by atoms with Crippen molar-refractivity contribution in [1.29, 1.82) is 0 Å². The monoisotopic (exact) mass is 586 g/mol. The number of methoxy groups -OCH3 is 3. The summed E-state index contributed by atoms with van der Waals surface area (Å²) < 4.78 is 83.0. The van der Waals surface area contributed by atoms with Gasteiger partial charge >= 0.3 is 12.1 Å². The van der Waals surface area contributed by atoms with Crippen LogP contribution in [0, 0.1) is 0 Å². The Kier molecular flexibility index (Phi) is 8.97. The van der Waals surface area contributed by atoms with Gasteiger partial charge in [0, 0.05) is 6.07 Å². The first-order valence-corrected chi connectivity index (χ1v) is 12.7. The van der Waals surface area contributed by atoms with Gasteiger partial charge in [-0.2, -0.15) is 13.2 Å². The van der Waals surface area contributed by atoms with E-state index in [2.05, 4.69) is 10.1 Å². The molecule has 9 nitrogen and oxygen atoms in total. The number of hydrogen-bond acceptors (Lipinski definition) is 7. The Morgan fingerprint density at radius 1 is 0.949 bits per heavy atom. The van der Waals surface area contributed by atoms with Gasteiger partial charge in [-0.3, -0.25) is 9.10 Å². The number of anilines is 2. The van der Waals surface area contributed by atoms with Crippen LogP contribution in [0.5, 0.6) is 11.5 Å². The summed E-state index contributed by atoms with van der Waals surface area (Å²) >= 11 is 6.11. The first-order chi connectivity index (χ1) is 18.3. The minimum Gasteiger partial charge on any atom is -0.493 e. The lowest BCUT2D eigenvalue weighted by molar-refractivity contribution is -0.137. The second-order valence-corrected chi connectivity index (χ2v) is 10.1. The molecule has 0 radical (unpaired) electrons. The van der Waals surface area contributed by atoms with Gasteiger partial charge in [-0.05, 0) is 48.5 Å². The van der Waals surface area contributed by atoms with Crippen molar-refractivity contribution in [3.63, 3.8) is 0 Å². The number of carbonyl (C=O) groups is 2. The third-order valence-corrected chi connectivity index (χ3v) is 7.45. The van der Waals surface area contributed by atoms with Gasteiger partial charge in [-0.15, -0.1) is 0 Å². The minimum atomic E-state index is -4.78. The molecule has 0 bridgehead atoms. The van der Waals surface area contributed by atoms with Crippen LogP contribution in [0.25, 0.3) is 0 Å². The van der Waals surface area contributed by atoms with Crippen molar-refractivity contribution in [1.82, 2.24) is 0 Å². The highest BCUT2D eigenvalue weighted by Gasteiger charge is 2.33. The van der Waals surface area contributed by atoms with Gasteiger partial charge in [0.15, 0.2) is 11.5 Å². The maximum Gasteiger partial charge on any atom is 0.416 e. The van der Waals surface area contributed by atoms with Crippen molar-refractivity contribution >= 4 is 44.9 Å². The van der Waals surface area contributed by atoms with Gasteiger partial charge < -0.3 is 19.5 Å². The maximum absolute atomic E-state index is 13.7. The maximum atomic E-state index is 13.7. The van der Waals surface area contributed by atoms with Crippen molar-refractivity contribution in [2.75, 3.05) is 37.5 Å². The number of halogens is 4. The Bertz CT molecular complexity index is 1500. The van der Waals surface area contributed by atoms with Crippen molar-refractivity contribution in [2.24, 2.45) is 0 Å². The highest BCUT2D eigenvalue weighted by atomic mass is 35.5. The van der Waals surface area contributed by atoms with E-state index in [1.54, 1.807) is 0 Å². The van der Waals surface area contributed by atoms with E-state index in [-0.39, 0.29) is 32.7 Å². The normalized spacial score (nSPS) is 11.5. The first-order valence-electron chi connectivity index (χ1n) is 10.9. The average Bonchev–Trinajstić information content (AvgIpc) is 2.91. The number of benzene rings is 3. The SMILES string of the molecule is COC(=O)c1ccc(Cl)c(NC(=O)CN(c2cccc(C(F)(F)F)c2)S(=O)(=O)c2ccc(OC)c(OC)c2)c1. The van der Waals surface area contributed by atoms with E-state index in [4.69, 9.17) is 21.1 Å². The van der Waals surface area contributed by atoms with Crippen molar-refractivity contribution < 1.29 is 45.4 Å². The van der Waals surface area contributed by atoms with Crippen LogP contribution in [-0.4, -0.2) is 48.2 Å². The summed E-state index contributed by atoms with van der Waals surface area (Å²) in [5.41, 5.74) is -1.55. The number of rotatable bonds is 9. The highest BCUT2D eigenvalue weighted by Crippen LogP contribution is 2.35. The zero-order valence-electron chi connectivity index (χ0n) is 20.7. The topological polar surface area (TPSA) is 111 Å². The molecule has 0 atom stereocenters. The van der Waals surface area contributed by atoms with Gasteiger partial charge in [0.2, 0.25) is 5.91 Å². The van der Waals surface area contributed by atoms with Gasteiger partial charge in [0.1, 0.15) is 6.54 Å². The Morgan fingerprint density at radius 2 is 1.64 bits per heavy atom. The molecule has 0 saturated carbocycles. The van der Waals surface area contributed by atoms with E-state index in [0.29, 0.717) is 10.4 Å². The van der Waals surface area contributed by atoms with Crippen LogP contribution in [0.15, 0.2) is 65.6 Å². The summed E-state index contributed by atoms with van der Waals surface area (Å²) in [4.78, 5) is 24.5. The Balaban J connectivity index is 2.07. The predicted octanol–water partition coefficient (Wildman–Crippen LogP) is 5.00. The van der Waals surface area contributed by atoms with Crippen molar-refractivity contribution in [2.45, 2.75) is 11.1 Å². The van der Waals surface area contributed by atoms with Crippen LogP contribution in [-0.2, 0) is 25.7 Å². The van der Waals surface area contributed by atoms with E-state index < -0.39 is 45.9 Å². The molecule has 0 unspecified atom stereocenters. The van der Waals surface area contributed by atoms with Crippen molar-refractivity contribution in [3.05, 3.63) is 76.8 Å². The van der Waals surface area contributed by atoms with Crippen molar-refractivity contribution in [3.8, 4) is 11.5 Å². The summed E-state index contributed by atoms with van der Waals surface area (Å²) in [5.74, 6) is -1.43. The molecule has 3 rings (SSSR count). The standard InChI is InChI=1S/C25H22ClF3N2O7S/c1-36-21-10-8-18(13-22(21)37-2)39(34,35)31(17-6-4-5-16(12-17)25(27,28)29)14-23(32)30-20-11-15(24(33)38-3)7-9-19(20)26/h4-13H,14H2,1-3H3,(H,30,32). The predicted molar refractivity (Wildman–Crippen MR) is 137 cm³/mol. The second kappa shape index (κ2) is 11.8. The number of carbonyl (C=O) groups excluding carboxylic acids is 2. The molecule has 39 heavy (non-hydrogen) atoms. The van der Waals surface area contributed by atoms with Crippen LogP contribution < -0.4 is 19.1 Å². The molecule has 0 fully saturated rings. The molecule has 1 amide bonds. The van der Waals surface area contributed by atoms with E-state index in [1.165, 1.54) is 38.5 Å². The molecule has 14 heteroatoms. The Morgan fingerprint density at radius 3 is 2.26 bits per heavy atom. The summed E-state index contributed by atoms with van der Waals surface area (Å²) in [7, 11) is -0.865. The molecule has 0 aliphatic rings. The molecule has 208 valence electrons. The second-order valence-electron chi connectivity index (χ2n) is 7.81. The van der Waals surface area contributed by atoms with Gasteiger partial charge in [-0.25, -0.2) is 13.2 Å². The molecule has 1 N–H and O–H groups in total. The third-order valence-electron chi connectivity index (χ3n) is 5.35. The van der Waals surface area contributed by atoms with Crippen LogP contribution in [0.2, 0.25) is 5.02 Å². The Hall–Kier alpha value is -3.97. The van der Waals surface area contributed by atoms with E-state index in [0.717, 1.165) is 37.4 Å². The summed E-state index contributed by atoms with van der Waals surface area (Å²) in [6, 6.07) is 11.0. The fourth-order valence-corrected chi connectivity index (χ4v) is 5.04. The fraction of sp³-hybridized carbons (Fsp3) is 0.200. The van der Waals surface area contributed by atoms with Crippen LogP contribution in [0.4, 0.5) is 24.5 Å². The number of ether oxygens (including phenoxy) is 3. The molecular weight excluding hydrogens is 565 g/mol. The number of esters is 1. The van der Waals surface area contributed by atoms with Crippen LogP contribution in [0.3, 0.4) is 0 Å². The van der Waals surface area contributed by atoms with Gasteiger partial charge in [0.25, 0.3) is 10.0 Å². The van der Waals surface area contributed by atoms with E-state index in [1.807, 2.05) is 0 Å². The molecule has 3 aromatic carbocycles. The minimum absolute atomic E-state index is 0.0179. The summed E-state index contributed by atoms with van der Waals surface area (Å²) in [6.07, 6.45) is -4.78. The molecule has 0 aliphatic carbocycles. The lowest BCUT2D eigenvalue weighted by atomic mass is 10.2. The molecule has 0 saturated heterocycles. The van der Waals surface area contributed by atoms with Gasteiger partial charge in [0.05, 0.1) is 53.7 Å². The molecule has 3 aromatic rings. The number of nitrogens with one attached hydrogen (secondary N) is 1. The number of nitrogens with zero attached hydrogens (tertiary/aromatic N) is 1. The van der Waals surface area contributed by atoms with Crippen LogP contribution >= 0.6 is 11.6 Å². The Labute approximate surface area is 227 Å². The molecule has 0 aromatic heterocycles. The average molecular weight is 587 g/mol. The molecule has 0 spiro atoms. The summed E-state index contributed by atoms with van der Waals surface area (Å²) in [6.45, 7) is -0.948. The zero-order valence-corrected chi connectivity index (χ0v) is 22.3. The quantitative estimate of drug-likeness (QED) is 0.351. The van der Waals surface area contributed by atoms with Crippen LogP contribution in [0.1, 0.15) is 15.9 Å². The fourth-order valence-electron chi connectivity index (χ4n) is 3.44. The highest BCUT2D eigenvalue weighted by molar-refractivity contribution is 7.92. The first kappa shape index (κ1) is 29.6. The number of hydrogen-bond donors (Lipinski definition) is 1. The summed E-state index contributed by atoms with van der Waals surface area (Å²) in [5, 5.41) is 2.41. The van der Waals surface area contributed by atoms with E-state index in [9.17, 15) is 31.2 Å². The third kappa shape index (κ3) is 6.73.